The summed E-state index contributed by atoms with van der Waals surface area (Å²) in [5, 5.41) is 9.24. The number of benzene rings is 1. The van der Waals surface area contributed by atoms with Crippen LogP contribution in [0.2, 0.25) is 0 Å². The molecule has 3 heteroatoms. The molecule has 0 aromatic heterocycles. The summed E-state index contributed by atoms with van der Waals surface area (Å²) in [6.07, 6.45) is 0. The highest BCUT2D eigenvalue weighted by Gasteiger charge is 2.19. The van der Waals surface area contributed by atoms with Gasteiger partial charge in [0.1, 0.15) is 11.3 Å². The van der Waals surface area contributed by atoms with Gasteiger partial charge in [0.15, 0.2) is 0 Å². The molecular formula is C15H22O3. The third-order valence-corrected chi connectivity index (χ3v) is 2.65. The van der Waals surface area contributed by atoms with E-state index in [-0.39, 0.29) is 11.0 Å². The molecule has 1 aromatic rings. The third-order valence-electron chi connectivity index (χ3n) is 2.65. The summed E-state index contributed by atoms with van der Waals surface area (Å²) < 4.78 is 5.55. The molecule has 0 bridgehead atoms. The highest BCUT2D eigenvalue weighted by Crippen LogP contribution is 2.28. The Hall–Kier alpha value is -1.51. The van der Waals surface area contributed by atoms with Gasteiger partial charge < -0.3 is 9.84 Å². The molecule has 0 aliphatic rings. The van der Waals surface area contributed by atoms with Crippen molar-refractivity contribution >= 4 is 5.97 Å². The molecule has 1 rings (SSSR count). The number of hydrogen-bond acceptors (Lipinski definition) is 2. The molecule has 3 nitrogen and oxygen atoms in total. The Balaban J connectivity index is 3.09. The molecule has 100 valence electrons. The van der Waals surface area contributed by atoms with E-state index in [0.717, 1.165) is 5.56 Å². The van der Waals surface area contributed by atoms with Crippen LogP contribution < -0.4 is 4.74 Å². The second kappa shape index (κ2) is 5.42. The molecule has 0 saturated carbocycles. The molecule has 18 heavy (non-hydrogen) atoms. The molecule has 0 aliphatic carbocycles. The Bertz CT molecular complexity index is 428. The van der Waals surface area contributed by atoms with Gasteiger partial charge in [-0.25, -0.2) is 4.79 Å². The fourth-order valence-electron chi connectivity index (χ4n) is 1.55. The van der Waals surface area contributed by atoms with Crippen LogP contribution in [0.4, 0.5) is 0 Å². The molecule has 1 aromatic carbocycles. The standard InChI is InChI=1S/C15H22O3/c1-10(2)9-18-13-7-6-11(15(3,4)5)8-12(13)14(16)17/h6-8,10H,9H2,1-5H3,(H,16,17). The van der Waals surface area contributed by atoms with Gasteiger partial charge in [-0.15, -0.1) is 0 Å². The van der Waals surface area contributed by atoms with E-state index in [1.54, 1.807) is 12.1 Å². The molecule has 0 unspecified atom stereocenters. The smallest absolute Gasteiger partial charge is 0.339 e. The van der Waals surface area contributed by atoms with Gasteiger partial charge in [-0.2, -0.15) is 0 Å². The zero-order valence-corrected chi connectivity index (χ0v) is 11.8. The average molecular weight is 250 g/mol. The van der Waals surface area contributed by atoms with Gasteiger partial charge in [-0.1, -0.05) is 40.7 Å². The van der Waals surface area contributed by atoms with E-state index in [9.17, 15) is 9.90 Å². The first-order chi connectivity index (χ1) is 8.21. The summed E-state index contributed by atoms with van der Waals surface area (Å²) in [7, 11) is 0. The van der Waals surface area contributed by atoms with Crippen LogP contribution in [0, 0.1) is 5.92 Å². The van der Waals surface area contributed by atoms with E-state index in [4.69, 9.17) is 4.74 Å². The van der Waals surface area contributed by atoms with Crippen LogP contribution in [0.25, 0.3) is 0 Å². The lowest BCUT2D eigenvalue weighted by molar-refractivity contribution is 0.0691. The first-order valence-corrected chi connectivity index (χ1v) is 6.22. The van der Waals surface area contributed by atoms with Crippen LogP contribution in [0.5, 0.6) is 5.75 Å². The quantitative estimate of drug-likeness (QED) is 0.886. The van der Waals surface area contributed by atoms with Crippen LogP contribution >= 0.6 is 0 Å². The van der Waals surface area contributed by atoms with E-state index in [1.165, 1.54) is 0 Å². The Labute approximate surface area is 109 Å². The highest BCUT2D eigenvalue weighted by atomic mass is 16.5. The Morgan fingerprint density at radius 2 is 1.94 bits per heavy atom. The van der Waals surface area contributed by atoms with Crippen LogP contribution in [0.3, 0.4) is 0 Å². The topological polar surface area (TPSA) is 46.5 Å². The molecule has 0 saturated heterocycles. The minimum atomic E-state index is -0.945. The third kappa shape index (κ3) is 3.76. The lowest BCUT2D eigenvalue weighted by Crippen LogP contribution is -2.14. The largest absolute Gasteiger partial charge is 0.492 e. The first kappa shape index (κ1) is 14.6. The number of aromatic carboxylic acids is 1. The summed E-state index contributed by atoms with van der Waals surface area (Å²) in [5.74, 6) is -0.127. The molecule has 0 fully saturated rings. The lowest BCUT2D eigenvalue weighted by Gasteiger charge is -2.20. The fraction of sp³-hybridized carbons (Fsp3) is 0.533. The number of ether oxygens (including phenoxy) is 1. The summed E-state index contributed by atoms with van der Waals surface area (Å²) in [5.41, 5.74) is 1.17. The monoisotopic (exact) mass is 250 g/mol. The Morgan fingerprint density at radius 3 is 2.39 bits per heavy atom. The van der Waals surface area contributed by atoms with Gasteiger partial charge in [0.25, 0.3) is 0 Å². The maximum absolute atomic E-state index is 11.3. The van der Waals surface area contributed by atoms with E-state index >= 15 is 0 Å². The molecule has 0 radical (unpaired) electrons. The minimum absolute atomic E-state index is 0.0687. The number of carboxylic acid groups (broad SMARTS) is 1. The molecular weight excluding hydrogens is 228 g/mol. The van der Waals surface area contributed by atoms with Crippen molar-refractivity contribution in [2.45, 2.75) is 40.0 Å². The first-order valence-electron chi connectivity index (χ1n) is 6.22. The molecule has 0 heterocycles. The normalized spacial score (nSPS) is 11.7. The molecule has 0 atom stereocenters. The number of carboxylic acids is 1. The predicted molar refractivity (Wildman–Crippen MR) is 72.4 cm³/mol. The molecule has 0 aliphatic heterocycles. The van der Waals surface area contributed by atoms with E-state index < -0.39 is 5.97 Å². The summed E-state index contributed by atoms with van der Waals surface area (Å²) >= 11 is 0. The van der Waals surface area contributed by atoms with Gasteiger partial charge in [0, 0.05) is 0 Å². The van der Waals surface area contributed by atoms with Crippen molar-refractivity contribution in [2.75, 3.05) is 6.61 Å². The van der Waals surface area contributed by atoms with Gasteiger partial charge in [0.05, 0.1) is 6.61 Å². The van der Waals surface area contributed by atoms with Crippen molar-refractivity contribution in [3.8, 4) is 5.75 Å². The maximum atomic E-state index is 11.3. The Kier molecular flexibility index (Phi) is 4.38. The molecule has 1 N–H and O–H groups in total. The lowest BCUT2D eigenvalue weighted by atomic mass is 9.86. The molecule has 0 spiro atoms. The van der Waals surface area contributed by atoms with E-state index in [2.05, 4.69) is 20.8 Å². The Morgan fingerprint density at radius 1 is 1.33 bits per heavy atom. The average Bonchev–Trinajstić information content (AvgIpc) is 2.24. The van der Waals surface area contributed by atoms with Crippen molar-refractivity contribution in [2.24, 2.45) is 5.92 Å². The van der Waals surface area contributed by atoms with Crippen LogP contribution in [0.15, 0.2) is 18.2 Å². The second-order valence-electron chi connectivity index (χ2n) is 5.97. The number of carbonyl (C=O) groups is 1. The van der Waals surface area contributed by atoms with Crippen molar-refractivity contribution in [3.05, 3.63) is 29.3 Å². The highest BCUT2D eigenvalue weighted by molar-refractivity contribution is 5.91. The summed E-state index contributed by atoms with van der Waals surface area (Å²) in [4.78, 5) is 11.3. The van der Waals surface area contributed by atoms with Gasteiger partial charge >= 0.3 is 5.97 Å². The van der Waals surface area contributed by atoms with Crippen molar-refractivity contribution < 1.29 is 14.6 Å². The minimum Gasteiger partial charge on any atom is -0.492 e. The van der Waals surface area contributed by atoms with Crippen LogP contribution in [-0.2, 0) is 5.41 Å². The van der Waals surface area contributed by atoms with E-state index in [1.807, 2.05) is 19.9 Å². The SMILES string of the molecule is CC(C)COc1ccc(C(C)(C)C)cc1C(=O)O. The zero-order valence-electron chi connectivity index (χ0n) is 11.8. The van der Waals surface area contributed by atoms with Crippen LogP contribution in [0.1, 0.15) is 50.5 Å². The van der Waals surface area contributed by atoms with Crippen molar-refractivity contribution in [1.82, 2.24) is 0 Å². The zero-order chi connectivity index (χ0) is 13.9. The van der Waals surface area contributed by atoms with Crippen molar-refractivity contribution in [3.63, 3.8) is 0 Å². The van der Waals surface area contributed by atoms with Gasteiger partial charge in [-0.05, 0) is 29.0 Å². The van der Waals surface area contributed by atoms with Gasteiger partial charge in [-0.3, -0.25) is 0 Å². The van der Waals surface area contributed by atoms with Crippen LogP contribution in [-0.4, -0.2) is 17.7 Å². The molecule has 0 amide bonds. The number of hydrogen-bond donors (Lipinski definition) is 1. The summed E-state index contributed by atoms with van der Waals surface area (Å²) in [6.45, 7) is 10.8. The fourth-order valence-corrected chi connectivity index (χ4v) is 1.55. The predicted octanol–water partition coefficient (Wildman–Crippen LogP) is 3.72. The van der Waals surface area contributed by atoms with Gasteiger partial charge in [0.2, 0.25) is 0 Å². The maximum Gasteiger partial charge on any atom is 0.339 e. The number of rotatable bonds is 4. The summed E-state index contributed by atoms with van der Waals surface area (Å²) in [6, 6.07) is 5.40. The van der Waals surface area contributed by atoms with Crippen molar-refractivity contribution in [1.29, 1.82) is 0 Å². The second-order valence-corrected chi connectivity index (χ2v) is 5.97. The van der Waals surface area contributed by atoms with E-state index in [0.29, 0.717) is 18.3 Å².